The van der Waals surface area contributed by atoms with E-state index in [1.807, 2.05) is 24.3 Å². The van der Waals surface area contributed by atoms with Crippen LogP contribution in [0.3, 0.4) is 0 Å². The van der Waals surface area contributed by atoms with Crippen LogP contribution in [-0.4, -0.2) is 87.8 Å². The highest BCUT2D eigenvalue weighted by molar-refractivity contribution is 5.95. The van der Waals surface area contributed by atoms with Crippen molar-refractivity contribution in [2.24, 2.45) is 27.9 Å². The van der Waals surface area contributed by atoms with E-state index in [9.17, 15) is 29.1 Å². The largest absolute Gasteiger partial charge is 0.480 e. The fourth-order valence-electron chi connectivity index (χ4n) is 4.96. The number of likely N-dealkylation sites (tertiary alicyclic amines) is 1. The van der Waals surface area contributed by atoms with Crippen LogP contribution < -0.4 is 33.6 Å². The van der Waals surface area contributed by atoms with Crippen LogP contribution in [0.15, 0.2) is 35.5 Å². The van der Waals surface area contributed by atoms with Gasteiger partial charge in [-0.3, -0.25) is 24.2 Å². The normalized spacial score (nSPS) is 16.8. The number of nitrogens with zero attached hydrogens (tertiary/aromatic N) is 2. The van der Waals surface area contributed by atoms with Gasteiger partial charge in [0.05, 0.1) is 6.04 Å². The molecule has 1 aliphatic rings. The Bertz CT molecular complexity index is 1320. The lowest BCUT2D eigenvalue weighted by atomic mass is 10.0. The van der Waals surface area contributed by atoms with E-state index in [1.54, 1.807) is 6.20 Å². The minimum atomic E-state index is -1.22. The van der Waals surface area contributed by atoms with Crippen molar-refractivity contribution < 1.29 is 29.1 Å². The molecule has 1 aromatic heterocycles. The predicted molar refractivity (Wildman–Crippen MR) is 155 cm³/mol. The minimum absolute atomic E-state index is 0.00364. The van der Waals surface area contributed by atoms with Crippen LogP contribution in [0.25, 0.3) is 10.9 Å². The molecule has 4 atom stereocenters. The van der Waals surface area contributed by atoms with Gasteiger partial charge in [0, 0.05) is 43.0 Å². The van der Waals surface area contributed by atoms with E-state index < -0.39 is 53.8 Å². The van der Waals surface area contributed by atoms with Crippen LogP contribution in [-0.2, 0) is 30.4 Å². The van der Waals surface area contributed by atoms with Crippen molar-refractivity contribution in [2.75, 3.05) is 13.1 Å². The standard InChI is InChI=1S/C27H39N9O6/c28-17(9-10-22(29)37)23(38)35-20(13-15-14-33-18-6-2-1-5-16(15)18)25(40)36-12-4-8-21(36)24(39)34-19(26(41)42)7-3-11-32-27(30)31/h1-2,5-6,14,17,19-21,33H,3-4,7-13,28H2,(H2,29,37)(H,34,39)(H,35,38)(H,41,42)(H4,30,31,32). The topological polar surface area (TPSA) is 265 Å². The molecule has 4 amide bonds. The first kappa shape index (κ1) is 31.9. The van der Waals surface area contributed by atoms with E-state index in [2.05, 4.69) is 20.6 Å². The van der Waals surface area contributed by atoms with Gasteiger partial charge in [-0.2, -0.15) is 0 Å². The molecule has 15 nitrogen and oxygen atoms in total. The number of fused-ring (bicyclic) bond motifs is 1. The van der Waals surface area contributed by atoms with Gasteiger partial charge in [0.25, 0.3) is 0 Å². The molecule has 42 heavy (non-hydrogen) atoms. The third-order valence-corrected chi connectivity index (χ3v) is 7.15. The highest BCUT2D eigenvalue weighted by atomic mass is 16.4. The molecule has 4 unspecified atom stereocenters. The number of hydrogen-bond donors (Lipinski definition) is 8. The number of carboxylic acid groups (broad SMARTS) is 1. The summed E-state index contributed by atoms with van der Waals surface area (Å²) in [5.74, 6) is -3.70. The molecule has 12 N–H and O–H groups in total. The molecule has 1 saturated heterocycles. The lowest BCUT2D eigenvalue weighted by Crippen LogP contribution is -2.57. The quantitative estimate of drug-likeness (QED) is 0.0678. The van der Waals surface area contributed by atoms with E-state index in [4.69, 9.17) is 22.9 Å². The Hall–Kier alpha value is -4.66. The number of aliphatic imine (C=N–C) groups is 1. The molecular formula is C27H39N9O6. The smallest absolute Gasteiger partial charge is 0.326 e. The van der Waals surface area contributed by atoms with Crippen molar-refractivity contribution in [1.29, 1.82) is 0 Å². The first-order chi connectivity index (χ1) is 20.0. The molecule has 228 valence electrons. The highest BCUT2D eigenvalue weighted by Crippen LogP contribution is 2.23. The fraction of sp³-hybridized carbons (Fsp3) is 0.481. The average Bonchev–Trinajstić information content (AvgIpc) is 3.60. The molecule has 1 fully saturated rings. The zero-order valence-electron chi connectivity index (χ0n) is 23.3. The molecule has 0 saturated carbocycles. The molecule has 2 aromatic rings. The Morgan fingerprint density at radius 3 is 2.50 bits per heavy atom. The number of benzene rings is 1. The van der Waals surface area contributed by atoms with E-state index in [1.165, 1.54) is 4.90 Å². The van der Waals surface area contributed by atoms with Crippen LogP contribution in [0.5, 0.6) is 0 Å². The monoisotopic (exact) mass is 585 g/mol. The molecule has 0 radical (unpaired) electrons. The Morgan fingerprint density at radius 1 is 1.07 bits per heavy atom. The van der Waals surface area contributed by atoms with Gasteiger partial charge >= 0.3 is 5.97 Å². The SMILES string of the molecule is NC(=O)CCC(N)C(=O)NC(Cc1c[nH]c2ccccc12)C(=O)N1CCCC1C(=O)NC(CCCN=C(N)N)C(=O)O. The number of carbonyl (C=O) groups excluding carboxylic acids is 4. The number of guanidine groups is 1. The van der Waals surface area contributed by atoms with Crippen molar-refractivity contribution >= 4 is 46.5 Å². The highest BCUT2D eigenvalue weighted by Gasteiger charge is 2.39. The van der Waals surface area contributed by atoms with E-state index >= 15 is 0 Å². The summed E-state index contributed by atoms with van der Waals surface area (Å²) >= 11 is 0. The maximum absolute atomic E-state index is 13.9. The van der Waals surface area contributed by atoms with Gasteiger partial charge in [-0.15, -0.1) is 0 Å². The number of primary amides is 1. The number of nitrogens with one attached hydrogen (secondary N) is 3. The summed E-state index contributed by atoms with van der Waals surface area (Å²) < 4.78 is 0. The number of carboxylic acids is 1. The number of rotatable bonds is 15. The molecule has 3 rings (SSSR count). The zero-order chi connectivity index (χ0) is 30.8. The predicted octanol–water partition coefficient (Wildman–Crippen LogP) is -1.60. The molecule has 0 aliphatic carbocycles. The number of para-hydroxylation sites is 1. The van der Waals surface area contributed by atoms with Gasteiger partial charge in [0.2, 0.25) is 23.6 Å². The summed E-state index contributed by atoms with van der Waals surface area (Å²) in [6.45, 7) is 0.444. The van der Waals surface area contributed by atoms with Crippen molar-refractivity contribution in [1.82, 2.24) is 20.5 Å². The van der Waals surface area contributed by atoms with E-state index in [0.29, 0.717) is 19.3 Å². The van der Waals surface area contributed by atoms with Gasteiger partial charge in [0.15, 0.2) is 5.96 Å². The van der Waals surface area contributed by atoms with Crippen LogP contribution in [0.2, 0.25) is 0 Å². The molecule has 0 spiro atoms. The summed E-state index contributed by atoms with van der Waals surface area (Å²) in [6, 6.07) is 3.19. The molecule has 1 aliphatic heterocycles. The lowest BCUT2D eigenvalue weighted by molar-refractivity contribution is -0.145. The number of aromatic amines is 1. The first-order valence-electron chi connectivity index (χ1n) is 13.8. The Labute approximate surface area is 242 Å². The zero-order valence-corrected chi connectivity index (χ0v) is 23.3. The van der Waals surface area contributed by atoms with Crippen LogP contribution in [0.4, 0.5) is 0 Å². The number of H-pyrrole nitrogens is 1. The van der Waals surface area contributed by atoms with Crippen LogP contribution >= 0.6 is 0 Å². The second-order valence-corrected chi connectivity index (χ2v) is 10.3. The molecule has 1 aromatic carbocycles. The summed E-state index contributed by atoms with van der Waals surface area (Å²) in [4.78, 5) is 71.3. The van der Waals surface area contributed by atoms with Crippen molar-refractivity contribution in [3.63, 3.8) is 0 Å². The summed E-state index contributed by atoms with van der Waals surface area (Å²) in [5, 5.41) is 15.7. The average molecular weight is 586 g/mol. The Morgan fingerprint density at radius 2 is 1.81 bits per heavy atom. The Kier molecular flexibility index (Phi) is 11.2. The van der Waals surface area contributed by atoms with E-state index in [0.717, 1.165) is 16.5 Å². The van der Waals surface area contributed by atoms with Crippen molar-refractivity contribution in [2.45, 2.75) is 69.1 Å². The number of aromatic nitrogens is 1. The maximum Gasteiger partial charge on any atom is 0.326 e. The van der Waals surface area contributed by atoms with Gasteiger partial charge in [0.1, 0.15) is 18.1 Å². The van der Waals surface area contributed by atoms with Gasteiger partial charge in [-0.1, -0.05) is 18.2 Å². The van der Waals surface area contributed by atoms with Gasteiger partial charge in [-0.05, 0) is 43.7 Å². The number of carbonyl (C=O) groups is 5. The minimum Gasteiger partial charge on any atom is -0.480 e. The molecule has 15 heteroatoms. The maximum atomic E-state index is 13.9. The van der Waals surface area contributed by atoms with E-state index in [-0.39, 0.29) is 44.7 Å². The molecule has 2 heterocycles. The Balaban J connectivity index is 1.77. The molecular weight excluding hydrogens is 546 g/mol. The molecule has 0 bridgehead atoms. The second kappa shape index (κ2) is 14.8. The fourth-order valence-corrected chi connectivity index (χ4v) is 4.96. The number of amides is 4. The van der Waals surface area contributed by atoms with Crippen molar-refractivity contribution in [3.8, 4) is 0 Å². The van der Waals surface area contributed by atoms with Gasteiger partial charge < -0.3 is 48.6 Å². The summed E-state index contributed by atoms with van der Waals surface area (Å²) in [5.41, 5.74) is 23.3. The van der Waals surface area contributed by atoms with Crippen LogP contribution in [0, 0.1) is 0 Å². The number of nitrogens with two attached hydrogens (primary N) is 4. The second-order valence-electron chi connectivity index (χ2n) is 10.3. The lowest BCUT2D eigenvalue weighted by Gasteiger charge is -2.30. The number of aliphatic carboxylic acids is 1. The van der Waals surface area contributed by atoms with Gasteiger partial charge in [-0.25, -0.2) is 4.79 Å². The summed E-state index contributed by atoms with van der Waals surface area (Å²) in [7, 11) is 0. The van der Waals surface area contributed by atoms with Crippen LogP contribution in [0.1, 0.15) is 44.1 Å². The third-order valence-electron chi connectivity index (χ3n) is 7.15. The first-order valence-corrected chi connectivity index (χ1v) is 13.8. The third kappa shape index (κ3) is 8.67. The number of hydrogen-bond acceptors (Lipinski definition) is 7. The summed E-state index contributed by atoms with van der Waals surface area (Å²) in [6.07, 6.45) is 2.99. The van der Waals surface area contributed by atoms with Crippen molar-refractivity contribution in [3.05, 3.63) is 36.0 Å².